The van der Waals surface area contributed by atoms with Crippen molar-refractivity contribution < 1.29 is 13.2 Å². The first-order valence-electron chi connectivity index (χ1n) is 7.36. The summed E-state index contributed by atoms with van der Waals surface area (Å²) in [5.41, 5.74) is 1.05. The summed E-state index contributed by atoms with van der Waals surface area (Å²) >= 11 is 5.75. The minimum absolute atomic E-state index is 0.0780. The zero-order valence-electron chi connectivity index (χ0n) is 13.1. The molecule has 2 aromatic heterocycles. The Hall–Kier alpha value is -1.49. The first-order valence-corrected chi connectivity index (χ1v) is 11.3. The Bertz CT molecular complexity index is 1030. The average Bonchev–Trinajstić information content (AvgIpc) is 3.12. The van der Waals surface area contributed by atoms with E-state index < -0.39 is 10.0 Å². The van der Waals surface area contributed by atoms with Gasteiger partial charge in [-0.3, -0.25) is 9.52 Å². The molecule has 6 nitrogen and oxygen atoms in total. The minimum Gasteiger partial charge on any atom is -0.302 e. The van der Waals surface area contributed by atoms with Crippen LogP contribution in [0.5, 0.6) is 0 Å². The van der Waals surface area contributed by atoms with E-state index in [0.29, 0.717) is 22.8 Å². The van der Waals surface area contributed by atoms with E-state index in [1.807, 2.05) is 6.92 Å². The van der Waals surface area contributed by atoms with Gasteiger partial charge in [-0.1, -0.05) is 18.3 Å². The van der Waals surface area contributed by atoms with Crippen LogP contribution in [0.1, 0.15) is 19.8 Å². The summed E-state index contributed by atoms with van der Waals surface area (Å²) in [6, 6.07) is 8.35. The number of nitrogens with one attached hydrogen (secondary N) is 2. The smallest absolute Gasteiger partial charge is 0.271 e. The number of fused-ring (bicyclic) bond motifs is 1. The number of benzene rings is 1. The Morgan fingerprint density at radius 1 is 1.24 bits per heavy atom. The van der Waals surface area contributed by atoms with Crippen molar-refractivity contribution in [2.24, 2.45) is 0 Å². The lowest BCUT2D eigenvalue weighted by atomic mass is 10.3. The summed E-state index contributed by atoms with van der Waals surface area (Å²) in [6.45, 7) is 1.93. The first-order chi connectivity index (χ1) is 11.9. The fourth-order valence-electron chi connectivity index (χ4n) is 2.10. The van der Waals surface area contributed by atoms with Gasteiger partial charge in [0.1, 0.15) is 4.21 Å². The van der Waals surface area contributed by atoms with Crippen molar-refractivity contribution in [2.45, 2.75) is 24.0 Å². The molecule has 132 valence electrons. The van der Waals surface area contributed by atoms with E-state index in [1.165, 1.54) is 11.3 Å². The molecule has 0 atom stereocenters. The number of carbonyl (C=O) groups is 1. The second-order valence-corrected chi connectivity index (χ2v) is 10.6. The van der Waals surface area contributed by atoms with Gasteiger partial charge in [-0.2, -0.15) is 0 Å². The van der Waals surface area contributed by atoms with Gasteiger partial charge in [0.2, 0.25) is 5.91 Å². The van der Waals surface area contributed by atoms with Gasteiger partial charge >= 0.3 is 0 Å². The third-order valence-electron chi connectivity index (χ3n) is 3.18. The van der Waals surface area contributed by atoms with E-state index in [0.717, 1.165) is 26.2 Å². The SMILES string of the molecule is CCCC(=O)Nc1nc2cc(NS(=O)(=O)c3ccc(Br)s3)ccc2s1. The number of thiazole rings is 1. The zero-order valence-corrected chi connectivity index (χ0v) is 17.1. The van der Waals surface area contributed by atoms with Crippen LogP contribution < -0.4 is 10.0 Å². The molecule has 0 bridgehead atoms. The molecular weight excluding hydrogens is 446 g/mol. The minimum atomic E-state index is -3.64. The van der Waals surface area contributed by atoms with Crippen molar-refractivity contribution in [1.29, 1.82) is 0 Å². The van der Waals surface area contributed by atoms with Gasteiger partial charge in [-0.05, 0) is 52.7 Å². The van der Waals surface area contributed by atoms with Crippen LogP contribution in [0, 0.1) is 0 Å². The van der Waals surface area contributed by atoms with Crippen LogP contribution in [0.25, 0.3) is 10.2 Å². The summed E-state index contributed by atoms with van der Waals surface area (Å²) in [7, 11) is -3.64. The molecule has 1 aromatic carbocycles. The molecular formula is C15H14BrN3O3S3. The second-order valence-electron chi connectivity index (χ2n) is 5.16. The molecule has 0 unspecified atom stereocenters. The van der Waals surface area contributed by atoms with Gasteiger partial charge in [0.05, 0.1) is 19.7 Å². The predicted molar refractivity (Wildman–Crippen MR) is 106 cm³/mol. The van der Waals surface area contributed by atoms with E-state index in [4.69, 9.17) is 0 Å². The molecule has 0 radical (unpaired) electrons. The number of sulfonamides is 1. The number of hydrogen-bond acceptors (Lipinski definition) is 6. The summed E-state index contributed by atoms with van der Waals surface area (Å²) in [4.78, 5) is 16.0. The second kappa shape index (κ2) is 7.40. The Labute approximate surface area is 161 Å². The fourth-order valence-corrected chi connectivity index (χ4v) is 6.02. The lowest BCUT2D eigenvalue weighted by Crippen LogP contribution is -2.11. The Morgan fingerprint density at radius 2 is 2.04 bits per heavy atom. The number of rotatable bonds is 6. The topological polar surface area (TPSA) is 88.2 Å². The maximum atomic E-state index is 12.4. The van der Waals surface area contributed by atoms with E-state index in [-0.39, 0.29) is 10.1 Å². The fraction of sp³-hybridized carbons (Fsp3) is 0.200. The highest BCUT2D eigenvalue weighted by Gasteiger charge is 2.17. The lowest BCUT2D eigenvalue weighted by molar-refractivity contribution is -0.116. The van der Waals surface area contributed by atoms with E-state index in [2.05, 4.69) is 31.0 Å². The average molecular weight is 460 g/mol. The van der Waals surface area contributed by atoms with Crippen molar-refractivity contribution >= 4 is 75.6 Å². The highest BCUT2D eigenvalue weighted by Crippen LogP contribution is 2.31. The van der Waals surface area contributed by atoms with Crippen LogP contribution in [-0.2, 0) is 14.8 Å². The summed E-state index contributed by atoms with van der Waals surface area (Å²) in [6.07, 6.45) is 1.21. The van der Waals surface area contributed by atoms with Gasteiger partial charge in [0.25, 0.3) is 10.0 Å². The molecule has 1 amide bonds. The number of thiophene rings is 1. The van der Waals surface area contributed by atoms with Gasteiger partial charge in [-0.15, -0.1) is 11.3 Å². The van der Waals surface area contributed by atoms with Crippen LogP contribution in [0.2, 0.25) is 0 Å². The number of halogens is 1. The van der Waals surface area contributed by atoms with Gasteiger partial charge < -0.3 is 5.32 Å². The van der Waals surface area contributed by atoms with E-state index in [9.17, 15) is 13.2 Å². The monoisotopic (exact) mass is 459 g/mol. The van der Waals surface area contributed by atoms with Crippen LogP contribution >= 0.6 is 38.6 Å². The molecule has 2 heterocycles. The van der Waals surface area contributed by atoms with Crippen molar-refractivity contribution in [1.82, 2.24) is 4.98 Å². The third-order valence-corrected chi connectivity index (χ3v) is 7.63. The molecule has 0 spiro atoms. The molecule has 0 fully saturated rings. The largest absolute Gasteiger partial charge is 0.302 e. The molecule has 10 heteroatoms. The molecule has 0 aliphatic carbocycles. The normalized spacial score (nSPS) is 11.6. The first kappa shape index (κ1) is 18.3. The Balaban J connectivity index is 1.82. The van der Waals surface area contributed by atoms with Gasteiger partial charge in [0.15, 0.2) is 5.13 Å². The molecule has 0 saturated heterocycles. The number of nitrogens with zero attached hydrogens (tertiary/aromatic N) is 1. The number of anilines is 2. The number of aromatic nitrogens is 1. The van der Waals surface area contributed by atoms with E-state index in [1.54, 1.807) is 30.3 Å². The standard InChI is InChI=1S/C15H14BrN3O3S3/c1-2-3-13(20)18-15-17-10-8-9(4-5-11(10)23-15)19-25(21,22)14-7-6-12(16)24-14/h4-8,19H,2-3H2,1H3,(H,17,18,20). The van der Waals surface area contributed by atoms with Crippen molar-refractivity contribution in [2.75, 3.05) is 10.0 Å². The molecule has 25 heavy (non-hydrogen) atoms. The molecule has 2 N–H and O–H groups in total. The highest BCUT2D eigenvalue weighted by atomic mass is 79.9. The highest BCUT2D eigenvalue weighted by molar-refractivity contribution is 9.11. The third kappa shape index (κ3) is 4.38. The Morgan fingerprint density at radius 3 is 2.72 bits per heavy atom. The Kier molecular flexibility index (Phi) is 5.42. The molecule has 3 rings (SSSR count). The maximum absolute atomic E-state index is 12.4. The van der Waals surface area contributed by atoms with Gasteiger partial charge in [-0.25, -0.2) is 13.4 Å². The molecule has 0 saturated carbocycles. The van der Waals surface area contributed by atoms with E-state index >= 15 is 0 Å². The molecule has 3 aromatic rings. The van der Waals surface area contributed by atoms with Gasteiger partial charge in [0, 0.05) is 6.42 Å². The number of amides is 1. The van der Waals surface area contributed by atoms with Crippen molar-refractivity contribution in [3.8, 4) is 0 Å². The van der Waals surface area contributed by atoms with Crippen LogP contribution in [0.3, 0.4) is 0 Å². The summed E-state index contributed by atoms with van der Waals surface area (Å²) in [5, 5.41) is 3.26. The quantitative estimate of drug-likeness (QED) is 0.560. The number of carbonyl (C=O) groups excluding carboxylic acids is 1. The molecule has 0 aliphatic rings. The predicted octanol–water partition coefficient (Wildman–Crippen LogP) is 4.66. The lowest BCUT2D eigenvalue weighted by Gasteiger charge is -2.05. The number of hydrogen-bond donors (Lipinski definition) is 2. The van der Waals surface area contributed by atoms with Crippen molar-refractivity contribution in [3.63, 3.8) is 0 Å². The maximum Gasteiger partial charge on any atom is 0.271 e. The van der Waals surface area contributed by atoms with Crippen LogP contribution in [0.4, 0.5) is 10.8 Å². The summed E-state index contributed by atoms with van der Waals surface area (Å²) in [5.74, 6) is -0.0780. The van der Waals surface area contributed by atoms with Crippen LogP contribution in [0.15, 0.2) is 38.3 Å². The van der Waals surface area contributed by atoms with Crippen molar-refractivity contribution in [3.05, 3.63) is 34.1 Å². The van der Waals surface area contributed by atoms with Crippen LogP contribution in [-0.4, -0.2) is 19.3 Å². The summed E-state index contributed by atoms with van der Waals surface area (Å²) < 4.78 is 29.1. The molecule has 0 aliphatic heterocycles. The zero-order chi connectivity index (χ0) is 18.0.